The van der Waals surface area contributed by atoms with Crippen LogP contribution in [0.15, 0.2) is 109 Å². The molecule has 0 fully saturated rings. The maximum absolute atomic E-state index is 12.8. The van der Waals surface area contributed by atoms with E-state index in [-0.39, 0.29) is 31.1 Å². The normalized spacial score (nSPS) is 12.9. The molecule has 0 aliphatic carbocycles. The highest BCUT2D eigenvalue weighted by Crippen LogP contribution is 2.14. The molecule has 0 aromatic heterocycles. The van der Waals surface area contributed by atoms with E-state index in [1.165, 1.54) is 77.0 Å². The van der Waals surface area contributed by atoms with Gasteiger partial charge in [0.2, 0.25) is 0 Å². The molecule has 0 spiro atoms. The zero-order chi connectivity index (χ0) is 50.7. The molecular weight excluding hydrogens is 865 g/mol. The molecule has 0 aliphatic rings. The number of unbranched alkanes of at least 4 members (excludes halogenated alkanes) is 22. The topological polar surface area (TPSA) is 78.9 Å². The predicted octanol–water partition coefficient (Wildman–Crippen LogP) is 19.5. The summed E-state index contributed by atoms with van der Waals surface area (Å²) in [6, 6.07) is 0. The summed E-state index contributed by atoms with van der Waals surface area (Å²) < 4.78 is 16.8. The van der Waals surface area contributed by atoms with Crippen molar-refractivity contribution in [3.63, 3.8) is 0 Å². The maximum Gasteiger partial charge on any atom is 0.306 e. The van der Waals surface area contributed by atoms with Crippen molar-refractivity contribution in [2.45, 2.75) is 264 Å². The summed E-state index contributed by atoms with van der Waals surface area (Å²) in [6.45, 7) is 6.41. The molecular formula is C64H106O6. The van der Waals surface area contributed by atoms with Crippen molar-refractivity contribution in [2.24, 2.45) is 0 Å². The lowest BCUT2D eigenvalue weighted by molar-refractivity contribution is -0.167. The molecule has 0 rings (SSSR count). The number of rotatable bonds is 51. The van der Waals surface area contributed by atoms with Crippen LogP contribution in [0.2, 0.25) is 0 Å². The Morgan fingerprint density at radius 2 is 0.586 bits per heavy atom. The lowest BCUT2D eigenvalue weighted by atomic mass is 10.1. The highest BCUT2D eigenvalue weighted by Gasteiger charge is 2.19. The lowest BCUT2D eigenvalue weighted by Gasteiger charge is -2.18. The second-order valence-electron chi connectivity index (χ2n) is 18.8. The fraction of sp³-hybridized carbons (Fsp3) is 0.672. The van der Waals surface area contributed by atoms with Gasteiger partial charge in [-0.25, -0.2) is 0 Å². The molecule has 0 aromatic rings. The van der Waals surface area contributed by atoms with Gasteiger partial charge in [-0.1, -0.05) is 226 Å². The number of esters is 3. The van der Waals surface area contributed by atoms with E-state index in [4.69, 9.17) is 14.2 Å². The van der Waals surface area contributed by atoms with Crippen molar-refractivity contribution >= 4 is 17.9 Å². The van der Waals surface area contributed by atoms with Crippen LogP contribution in [0.1, 0.15) is 258 Å². The summed E-state index contributed by atoms with van der Waals surface area (Å²) in [6.07, 6.45) is 77.9. The Bertz CT molecular complexity index is 1440. The van der Waals surface area contributed by atoms with Crippen LogP contribution >= 0.6 is 0 Å². The molecule has 0 N–H and O–H groups in total. The standard InChI is InChI=1S/C64H106O6/c1-4-7-10-13-16-19-22-24-26-28-30-31-32-33-35-36-38-40-42-45-48-51-54-57-63(66)69-60-61(59-68-62(65)56-53-50-47-44-21-18-15-12-9-6-3)70-64(67)58-55-52-49-46-43-41-39-37-34-29-27-25-23-20-17-14-11-8-5-2/h7,10,12,15-17,19-20,24-27,30-31,33-35,37,61H,4-6,8-9,11,13-14,18,21-23,28-29,32,36,38-60H2,1-3H3/b10-7-,15-12-,19-16-,20-17-,26-24-,27-25-,31-30-,35-33-,37-34-. The van der Waals surface area contributed by atoms with E-state index in [2.05, 4.69) is 130 Å². The minimum absolute atomic E-state index is 0.0930. The van der Waals surface area contributed by atoms with E-state index in [9.17, 15) is 14.4 Å². The number of allylic oxidation sites excluding steroid dienone is 18. The number of carbonyl (C=O) groups excluding carboxylic acids is 3. The van der Waals surface area contributed by atoms with E-state index < -0.39 is 6.10 Å². The van der Waals surface area contributed by atoms with Crippen LogP contribution in [0.3, 0.4) is 0 Å². The zero-order valence-corrected chi connectivity index (χ0v) is 45.5. The Balaban J connectivity index is 4.36. The van der Waals surface area contributed by atoms with Crippen LogP contribution in [0.4, 0.5) is 0 Å². The van der Waals surface area contributed by atoms with Gasteiger partial charge >= 0.3 is 17.9 Å². The maximum atomic E-state index is 12.8. The Labute approximate surface area is 431 Å². The summed E-state index contributed by atoms with van der Waals surface area (Å²) in [7, 11) is 0. The number of hydrogen-bond acceptors (Lipinski definition) is 6. The predicted molar refractivity (Wildman–Crippen MR) is 302 cm³/mol. The van der Waals surface area contributed by atoms with Gasteiger partial charge in [-0.3, -0.25) is 14.4 Å². The average molecular weight is 972 g/mol. The molecule has 0 bridgehead atoms. The van der Waals surface area contributed by atoms with Gasteiger partial charge < -0.3 is 14.2 Å². The zero-order valence-electron chi connectivity index (χ0n) is 45.5. The van der Waals surface area contributed by atoms with Crippen LogP contribution in [-0.4, -0.2) is 37.2 Å². The minimum Gasteiger partial charge on any atom is -0.462 e. The average Bonchev–Trinajstić information content (AvgIpc) is 3.36. The molecule has 0 saturated heterocycles. The van der Waals surface area contributed by atoms with Crippen LogP contribution in [-0.2, 0) is 28.6 Å². The number of ether oxygens (including phenoxy) is 3. The first kappa shape index (κ1) is 66.1. The Morgan fingerprint density at radius 1 is 0.300 bits per heavy atom. The molecule has 0 radical (unpaired) electrons. The van der Waals surface area contributed by atoms with Crippen molar-refractivity contribution in [3.05, 3.63) is 109 Å². The second kappa shape index (κ2) is 57.6. The lowest BCUT2D eigenvalue weighted by Crippen LogP contribution is -2.30. The van der Waals surface area contributed by atoms with Crippen LogP contribution < -0.4 is 0 Å². The molecule has 0 heterocycles. The van der Waals surface area contributed by atoms with Crippen molar-refractivity contribution in [1.29, 1.82) is 0 Å². The van der Waals surface area contributed by atoms with Gasteiger partial charge in [0.1, 0.15) is 13.2 Å². The van der Waals surface area contributed by atoms with Crippen LogP contribution in [0.5, 0.6) is 0 Å². The third-order valence-electron chi connectivity index (χ3n) is 12.0. The van der Waals surface area contributed by atoms with Crippen molar-refractivity contribution in [3.8, 4) is 0 Å². The van der Waals surface area contributed by atoms with Gasteiger partial charge in [-0.15, -0.1) is 0 Å². The number of hydrogen-bond donors (Lipinski definition) is 0. The Hall–Kier alpha value is -3.93. The second-order valence-corrected chi connectivity index (χ2v) is 18.8. The van der Waals surface area contributed by atoms with Crippen molar-refractivity contribution < 1.29 is 28.6 Å². The van der Waals surface area contributed by atoms with Crippen molar-refractivity contribution in [2.75, 3.05) is 13.2 Å². The van der Waals surface area contributed by atoms with Crippen molar-refractivity contribution in [1.82, 2.24) is 0 Å². The molecule has 0 amide bonds. The molecule has 6 heteroatoms. The highest BCUT2D eigenvalue weighted by atomic mass is 16.6. The molecule has 0 aromatic carbocycles. The fourth-order valence-electron chi connectivity index (χ4n) is 7.65. The quantitative estimate of drug-likeness (QED) is 0.0262. The summed E-state index contributed by atoms with van der Waals surface area (Å²) in [5.41, 5.74) is 0. The molecule has 1 unspecified atom stereocenters. The third-order valence-corrected chi connectivity index (χ3v) is 12.0. The van der Waals surface area contributed by atoms with Gasteiger partial charge in [0.05, 0.1) is 0 Å². The smallest absolute Gasteiger partial charge is 0.306 e. The number of carbonyl (C=O) groups is 3. The monoisotopic (exact) mass is 971 g/mol. The first-order chi connectivity index (χ1) is 34.5. The van der Waals surface area contributed by atoms with E-state index >= 15 is 0 Å². The van der Waals surface area contributed by atoms with E-state index in [0.29, 0.717) is 19.3 Å². The van der Waals surface area contributed by atoms with Gasteiger partial charge in [0.25, 0.3) is 0 Å². The van der Waals surface area contributed by atoms with Gasteiger partial charge in [0.15, 0.2) is 6.10 Å². The van der Waals surface area contributed by atoms with E-state index in [1.54, 1.807) is 0 Å². The summed E-state index contributed by atoms with van der Waals surface area (Å²) >= 11 is 0. The van der Waals surface area contributed by atoms with E-state index in [0.717, 1.165) is 141 Å². The summed E-state index contributed by atoms with van der Waals surface area (Å²) in [5.74, 6) is -0.927. The first-order valence-corrected chi connectivity index (χ1v) is 28.9. The molecule has 0 saturated carbocycles. The van der Waals surface area contributed by atoms with Gasteiger partial charge in [-0.05, 0) is 122 Å². The summed E-state index contributed by atoms with van der Waals surface area (Å²) in [5, 5.41) is 0. The molecule has 6 nitrogen and oxygen atoms in total. The Kier molecular flexibility index (Phi) is 54.4. The largest absolute Gasteiger partial charge is 0.462 e. The summed E-state index contributed by atoms with van der Waals surface area (Å²) in [4.78, 5) is 38.1. The van der Waals surface area contributed by atoms with E-state index in [1.807, 2.05) is 0 Å². The molecule has 398 valence electrons. The van der Waals surface area contributed by atoms with Gasteiger partial charge in [0, 0.05) is 19.3 Å². The van der Waals surface area contributed by atoms with Crippen LogP contribution in [0, 0.1) is 0 Å². The first-order valence-electron chi connectivity index (χ1n) is 28.9. The van der Waals surface area contributed by atoms with Crippen LogP contribution in [0.25, 0.3) is 0 Å². The highest BCUT2D eigenvalue weighted by molar-refractivity contribution is 5.71. The van der Waals surface area contributed by atoms with Gasteiger partial charge in [-0.2, -0.15) is 0 Å². The Morgan fingerprint density at radius 3 is 0.943 bits per heavy atom. The molecule has 70 heavy (non-hydrogen) atoms. The SMILES string of the molecule is CC/C=C\C/C=C\C/C=C\C/C=C\C/C=C\CCCCCCCCCC(=O)OCC(COC(=O)CCCCCCC/C=C\CCC)OC(=O)CCCCCCCC/C=C\C/C=C\C/C=C\CCCCC. The molecule has 0 aliphatic heterocycles. The fourth-order valence-corrected chi connectivity index (χ4v) is 7.65. The molecule has 1 atom stereocenters. The third kappa shape index (κ3) is 55.0. The minimum atomic E-state index is -0.795.